The number of fused-ring (bicyclic) bond motifs is 1. The number of halogens is 4. The molecule has 2 aromatic heterocycles. The predicted octanol–water partition coefficient (Wildman–Crippen LogP) is 8.62. The predicted molar refractivity (Wildman–Crippen MR) is 139 cm³/mol. The summed E-state index contributed by atoms with van der Waals surface area (Å²) < 4.78 is 25.7. The molecule has 0 fully saturated rings. The van der Waals surface area contributed by atoms with E-state index < -0.39 is 5.82 Å². The first-order chi connectivity index (χ1) is 16.9. The van der Waals surface area contributed by atoms with Crippen molar-refractivity contribution in [1.29, 1.82) is 0 Å². The highest BCUT2D eigenvalue weighted by Gasteiger charge is 2.13. The summed E-state index contributed by atoms with van der Waals surface area (Å²) in [5, 5.41) is 3.31. The van der Waals surface area contributed by atoms with Crippen LogP contribution in [0.15, 0.2) is 86.1 Å². The number of benzene rings is 3. The van der Waals surface area contributed by atoms with Crippen molar-refractivity contribution in [2.75, 3.05) is 5.32 Å². The number of carbonyl (C=O) groups is 1. The molecule has 0 radical (unpaired) electrons. The highest BCUT2D eigenvalue weighted by atomic mass is 79.9. The van der Waals surface area contributed by atoms with Crippen LogP contribution in [-0.4, -0.2) is 10.9 Å². The van der Waals surface area contributed by atoms with Gasteiger partial charge in [-0.3, -0.25) is 4.79 Å². The van der Waals surface area contributed by atoms with Crippen molar-refractivity contribution in [3.63, 3.8) is 0 Å². The van der Waals surface area contributed by atoms with Gasteiger partial charge in [0.2, 0.25) is 11.8 Å². The molecular weight excluding hydrogens is 558 g/mol. The fourth-order valence-corrected chi connectivity index (χ4v) is 4.11. The zero-order valence-electron chi connectivity index (χ0n) is 17.7. The van der Waals surface area contributed by atoms with Crippen LogP contribution in [0.3, 0.4) is 0 Å². The molecule has 174 valence electrons. The Morgan fingerprint density at radius 2 is 1.83 bits per heavy atom. The van der Waals surface area contributed by atoms with Gasteiger partial charge in [0, 0.05) is 21.8 Å². The molecule has 1 N–H and O–H groups in total. The lowest BCUT2D eigenvalue weighted by Crippen LogP contribution is -2.07. The van der Waals surface area contributed by atoms with E-state index in [0.717, 1.165) is 4.47 Å². The molecule has 0 saturated carbocycles. The van der Waals surface area contributed by atoms with Crippen LogP contribution < -0.4 is 5.32 Å². The van der Waals surface area contributed by atoms with Crippen molar-refractivity contribution < 1.29 is 18.0 Å². The van der Waals surface area contributed by atoms with Crippen LogP contribution in [-0.2, 0) is 4.79 Å². The molecule has 5 aromatic rings. The number of hydrogen-bond donors (Lipinski definition) is 1. The zero-order valence-corrected chi connectivity index (χ0v) is 20.8. The van der Waals surface area contributed by atoms with Crippen LogP contribution in [0.2, 0.25) is 10.0 Å². The lowest BCUT2D eigenvalue weighted by molar-refractivity contribution is -0.111. The van der Waals surface area contributed by atoms with Crippen LogP contribution in [0.5, 0.6) is 0 Å². The summed E-state index contributed by atoms with van der Waals surface area (Å²) in [6, 6.07) is 18.3. The third-order valence-electron chi connectivity index (χ3n) is 5.04. The summed E-state index contributed by atoms with van der Waals surface area (Å²) in [7, 11) is 0. The van der Waals surface area contributed by atoms with E-state index in [1.54, 1.807) is 42.5 Å². The Morgan fingerprint density at radius 1 is 0.971 bits per heavy atom. The normalized spacial score (nSPS) is 11.4. The standard InChI is InChI=1S/C26H14BrCl2FN2O3/c27-15-2-6-19(28)18(12-15)26-32-22-13-16(3-8-24(22)35-26)31-25(33)10-5-17-4-9-23(34-17)14-1-7-21(30)20(29)11-14/h1-13H,(H,31,33)/b10-5+. The molecule has 5 rings (SSSR count). The van der Waals surface area contributed by atoms with Crippen LogP contribution in [0.4, 0.5) is 10.1 Å². The van der Waals surface area contributed by atoms with E-state index in [4.69, 9.17) is 32.0 Å². The number of nitrogens with one attached hydrogen (secondary N) is 1. The van der Waals surface area contributed by atoms with Gasteiger partial charge in [0.15, 0.2) is 5.58 Å². The van der Waals surface area contributed by atoms with Gasteiger partial charge in [-0.1, -0.05) is 39.1 Å². The van der Waals surface area contributed by atoms with Gasteiger partial charge in [0.1, 0.15) is 22.9 Å². The number of anilines is 1. The molecule has 1 amide bonds. The molecule has 0 saturated heterocycles. The number of carbonyl (C=O) groups excluding carboxylic acids is 1. The molecule has 0 unspecified atom stereocenters. The molecule has 0 spiro atoms. The molecule has 3 aromatic carbocycles. The molecule has 0 aliphatic heterocycles. The molecule has 0 atom stereocenters. The van der Waals surface area contributed by atoms with Crippen molar-refractivity contribution in [2.45, 2.75) is 0 Å². The van der Waals surface area contributed by atoms with Crippen LogP contribution >= 0.6 is 39.1 Å². The molecule has 0 aliphatic carbocycles. The minimum atomic E-state index is -0.504. The Kier molecular flexibility index (Phi) is 6.47. The first-order valence-corrected chi connectivity index (χ1v) is 11.8. The average molecular weight is 572 g/mol. The van der Waals surface area contributed by atoms with Gasteiger partial charge in [-0.15, -0.1) is 0 Å². The Balaban J connectivity index is 1.29. The largest absolute Gasteiger partial charge is 0.457 e. The van der Waals surface area contributed by atoms with Gasteiger partial charge in [0.25, 0.3) is 0 Å². The topological polar surface area (TPSA) is 68.3 Å². The number of furan rings is 1. The van der Waals surface area contributed by atoms with Crippen molar-refractivity contribution in [2.24, 2.45) is 0 Å². The highest BCUT2D eigenvalue weighted by molar-refractivity contribution is 9.10. The second-order valence-corrected chi connectivity index (χ2v) is 9.21. The monoisotopic (exact) mass is 570 g/mol. The number of aromatic nitrogens is 1. The fraction of sp³-hybridized carbons (Fsp3) is 0. The second-order valence-electron chi connectivity index (χ2n) is 7.48. The van der Waals surface area contributed by atoms with Crippen LogP contribution in [0, 0.1) is 5.82 Å². The Morgan fingerprint density at radius 3 is 2.66 bits per heavy atom. The van der Waals surface area contributed by atoms with Gasteiger partial charge in [0.05, 0.1) is 15.6 Å². The van der Waals surface area contributed by atoms with Crippen LogP contribution in [0.1, 0.15) is 5.76 Å². The van der Waals surface area contributed by atoms with E-state index in [1.807, 2.05) is 12.1 Å². The van der Waals surface area contributed by atoms with Crippen molar-refractivity contribution in [3.8, 4) is 22.8 Å². The zero-order chi connectivity index (χ0) is 24.5. The Hall–Kier alpha value is -3.39. The first-order valence-electron chi connectivity index (χ1n) is 10.3. The molecule has 5 nitrogen and oxygen atoms in total. The van der Waals surface area contributed by atoms with Gasteiger partial charge in [-0.25, -0.2) is 9.37 Å². The van der Waals surface area contributed by atoms with E-state index in [0.29, 0.717) is 50.3 Å². The Labute approximate surface area is 217 Å². The van der Waals surface area contributed by atoms with Gasteiger partial charge in [-0.2, -0.15) is 0 Å². The quantitative estimate of drug-likeness (QED) is 0.214. The molecule has 0 bridgehead atoms. The summed E-state index contributed by atoms with van der Waals surface area (Å²) in [6.45, 7) is 0. The van der Waals surface area contributed by atoms with E-state index in [-0.39, 0.29) is 10.9 Å². The van der Waals surface area contributed by atoms with Crippen molar-refractivity contribution >= 4 is 67.9 Å². The van der Waals surface area contributed by atoms with Crippen molar-refractivity contribution in [3.05, 3.63) is 98.9 Å². The summed E-state index contributed by atoms with van der Waals surface area (Å²) in [5.74, 6) is 0.482. The summed E-state index contributed by atoms with van der Waals surface area (Å²) >= 11 is 15.5. The third-order valence-corrected chi connectivity index (χ3v) is 6.16. The lowest BCUT2D eigenvalue weighted by atomic mass is 10.2. The maximum absolute atomic E-state index is 13.4. The summed E-state index contributed by atoms with van der Waals surface area (Å²) in [6.07, 6.45) is 2.88. The Bertz CT molecular complexity index is 1610. The highest BCUT2D eigenvalue weighted by Crippen LogP contribution is 2.33. The van der Waals surface area contributed by atoms with E-state index in [1.165, 1.54) is 24.3 Å². The second kappa shape index (κ2) is 9.70. The van der Waals surface area contributed by atoms with E-state index in [9.17, 15) is 9.18 Å². The number of hydrogen-bond acceptors (Lipinski definition) is 4. The van der Waals surface area contributed by atoms with Gasteiger partial charge < -0.3 is 14.2 Å². The summed E-state index contributed by atoms with van der Waals surface area (Å²) in [4.78, 5) is 16.9. The molecule has 2 heterocycles. The molecular formula is C26H14BrCl2FN2O3. The van der Waals surface area contributed by atoms with Crippen LogP contribution in [0.25, 0.3) is 40.0 Å². The molecule has 0 aliphatic rings. The maximum Gasteiger partial charge on any atom is 0.248 e. The SMILES string of the molecule is O=C(/C=C/c1ccc(-c2ccc(F)c(Cl)c2)o1)Nc1ccc2oc(-c3cc(Br)ccc3Cl)nc2c1. The molecule has 35 heavy (non-hydrogen) atoms. The van der Waals surface area contributed by atoms with Crippen molar-refractivity contribution in [1.82, 2.24) is 4.98 Å². The molecule has 9 heteroatoms. The third kappa shape index (κ3) is 5.17. The fourth-order valence-electron chi connectivity index (χ4n) is 3.37. The first kappa shape index (κ1) is 23.4. The van der Waals surface area contributed by atoms with E-state index >= 15 is 0 Å². The lowest BCUT2D eigenvalue weighted by Gasteiger charge is -2.01. The number of nitrogens with zero attached hydrogens (tertiary/aromatic N) is 1. The average Bonchev–Trinajstić information content (AvgIpc) is 3.48. The van der Waals surface area contributed by atoms with Gasteiger partial charge >= 0.3 is 0 Å². The maximum atomic E-state index is 13.4. The number of oxazole rings is 1. The van der Waals surface area contributed by atoms with E-state index in [2.05, 4.69) is 26.2 Å². The smallest absolute Gasteiger partial charge is 0.248 e. The summed E-state index contributed by atoms with van der Waals surface area (Å²) in [5.41, 5.74) is 2.98. The van der Waals surface area contributed by atoms with Gasteiger partial charge in [-0.05, 0) is 72.8 Å². The minimum Gasteiger partial charge on any atom is -0.457 e. The number of amides is 1. The minimum absolute atomic E-state index is 0.00584. The number of rotatable bonds is 5.